The summed E-state index contributed by atoms with van der Waals surface area (Å²) in [5, 5.41) is 7.01. The lowest BCUT2D eigenvalue weighted by Gasteiger charge is -2.41. The maximum atomic E-state index is 5.77. The summed E-state index contributed by atoms with van der Waals surface area (Å²) in [6.45, 7) is 7.78. The van der Waals surface area contributed by atoms with Crippen LogP contribution >= 0.6 is 0 Å². The molecule has 1 aromatic heterocycles. The largest absolute Gasteiger partial charge is 0.468 e. The number of guanidine groups is 1. The van der Waals surface area contributed by atoms with Gasteiger partial charge in [0.05, 0.1) is 12.3 Å². The quantitative estimate of drug-likeness (QED) is 0.472. The van der Waals surface area contributed by atoms with Crippen LogP contribution in [0.3, 0.4) is 0 Å². The van der Waals surface area contributed by atoms with Gasteiger partial charge in [-0.1, -0.05) is 12.8 Å². The van der Waals surface area contributed by atoms with Gasteiger partial charge in [0.1, 0.15) is 5.76 Å². The Morgan fingerprint density at radius 2 is 2.07 bits per heavy atom. The number of rotatable bonds is 10. The van der Waals surface area contributed by atoms with Crippen molar-refractivity contribution in [3.05, 3.63) is 24.2 Å². The summed E-state index contributed by atoms with van der Waals surface area (Å²) >= 11 is 0. The number of nitrogens with one attached hydrogen (secondary N) is 2. The van der Waals surface area contributed by atoms with Crippen LogP contribution in [0.25, 0.3) is 0 Å². The molecule has 1 atom stereocenters. The summed E-state index contributed by atoms with van der Waals surface area (Å²) in [6, 6.07) is 4.34. The maximum Gasteiger partial charge on any atom is 0.191 e. The topological polar surface area (TPSA) is 62.0 Å². The predicted molar refractivity (Wildman–Crippen MR) is 114 cm³/mol. The van der Waals surface area contributed by atoms with Gasteiger partial charge >= 0.3 is 0 Å². The number of piperidine rings is 1. The molecule has 0 radical (unpaired) electrons. The zero-order valence-electron chi connectivity index (χ0n) is 17.7. The van der Waals surface area contributed by atoms with Gasteiger partial charge in [-0.15, -0.1) is 0 Å². The van der Waals surface area contributed by atoms with E-state index in [9.17, 15) is 0 Å². The summed E-state index contributed by atoms with van der Waals surface area (Å²) < 4.78 is 11.1. The fourth-order valence-electron chi connectivity index (χ4n) is 4.38. The molecule has 158 valence electrons. The number of likely N-dealkylation sites (tertiary alicyclic amines) is 1. The van der Waals surface area contributed by atoms with Gasteiger partial charge in [0.25, 0.3) is 0 Å². The second kappa shape index (κ2) is 10.9. The SMILES string of the molecule is CCNC(=NCC1(CCOC)CCC1)NCC(c1ccco1)N1CCCCC1. The lowest BCUT2D eigenvalue weighted by molar-refractivity contribution is 0.0778. The third-order valence-corrected chi connectivity index (χ3v) is 6.33. The summed E-state index contributed by atoms with van der Waals surface area (Å²) in [6.07, 6.45) is 10.6. The molecule has 6 heteroatoms. The number of nitrogens with zero attached hydrogens (tertiary/aromatic N) is 2. The number of aliphatic imine (C=N–C) groups is 1. The number of methoxy groups -OCH3 is 1. The lowest BCUT2D eigenvalue weighted by atomic mass is 9.67. The van der Waals surface area contributed by atoms with Gasteiger partial charge < -0.3 is 19.8 Å². The van der Waals surface area contributed by atoms with Crippen molar-refractivity contribution in [3.8, 4) is 0 Å². The van der Waals surface area contributed by atoms with Crippen molar-refractivity contribution in [1.29, 1.82) is 0 Å². The zero-order chi connectivity index (χ0) is 19.7. The Hall–Kier alpha value is -1.53. The van der Waals surface area contributed by atoms with Gasteiger partial charge in [-0.25, -0.2) is 0 Å². The first kappa shape index (κ1) is 21.2. The van der Waals surface area contributed by atoms with Crippen LogP contribution in [0.4, 0.5) is 0 Å². The Balaban J connectivity index is 1.61. The van der Waals surface area contributed by atoms with E-state index in [4.69, 9.17) is 14.1 Å². The first-order valence-electron chi connectivity index (χ1n) is 11.0. The van der Waals surface area contributed by atoms with Crippen LogP contribution in [0.5, 0.6) is 0 Å². The van der Waals surface area contributed by atoms with Crippen LogP contribution in [-0.4, -0.2) is 57.3 Å². The number of furan rings is 1. The van der Waals surface area contributed by atoms with Crippen LogP contribution in [-0.2, 0) is 4.74 Å². The van der Waals surface area contributed by atoms with E-state index in [1.807, 2.05) is 6.07 Å². The van der Waals surface area contributed by atoms with Gasteiger partial charge in [-0.05, 0) is 69.7 Å². The van der Waals surface area contributed by atoms with Crippen molar-refractivity contribution < 1.29 is 9.15 Å². The molecule has 2 aliphatic rings. The number of hydrogen-bond donors (Lipinski definition) is 2. The van der Waals surface area contributed by atoms with E-state index in [0.29, 0.717) is 5.41 Å². The fourth-order valence-corrected chi connectivity index (χ4v) is 4.38. The Labute approximate surface area is 170 Å². The molecule has 1 saturated carbocycles. The van der Waals surface area contributed by atoms with Crippen molar-refractivity contribution in [2.75, 3.05) is 46.4 Å². The average molecular weight is 391 g/mol. The average Bonchev–Trinajstić information content (AvgIpc) is 3.22. The molecule has 2 N–H and O–H groups in total. The van der Waals surface area contributed by atoms with Crippen molar-refractivity contribution in [1.82, 2.24) is 15.5 Å². The van der Waals surface area contributed by atoms with Crippen molar-refractivity contribution in [2.45, 2.75) is 57.9 Å². The lowest BCUT2D eigenvalue weighted by Crippen LogP contribution is -2.45. The Morgan fingerprint density at radius 1 is 1.25 bits per heavy atom. The molecule has 0 spiro atoms. The van der Waals surface area contributed by atoms with Gasteiger partial charge in [-0.2, -0.15) is 0 Å². The van der Waals surface area contributed by atoms with E-state index in [1.165, 1.54) is 38.5 Å². The first-order chi connectivity index (χ1) is 13.8. The summed E-state index contributed by atoms with van der Waals surface area (Å²) in [4.78, 5) is 7.50. The van der Waals surface area contributed by atoms with Crippen molar-refractivity contribution in [2.24, 2.45) is 10.4 Å². The first-order valence-corrected chi connectivity index (χ1v) is 11.0. The van der Waals surface area contributed by atoms with Crippen LogP contribution in [0.1, 0.15) is 63.7 Å². The molecule has 3 rings (SSSR count). The highest BCUT2D eigenvalue weighted by atomic mass is 16.5. The van der Waals surface area contributed by atoms with E-state index in [0.717, 1.165) is 57.5 Å². The maximum absolute atomic E-state index is 5.77. The molecule has 1 aromatic rings. The standard InChI is InChI=1S/C22H38N4O2/c1-3-23-21(25-18-22(10-8-11-22)12-16-27-2)24-17-19(20-9-7-15-28-20)26-13-5-4-6-14-26/h7,9,15,19H,3-6,8,10-14,16-18H2,1-2H3,(H2,23,24,25). The monoisotopic (exact) mass is 390 g/mol. The number of hydrogen-bond acceptors (Lipinski definition) is 4. The van der Waals surface area contributed by atoms with E-state index in [-0.39, 0.29) is 6.04 Å². The second-order valence-corrected chi connectivity index (χ2v) is 8.30. The molecule has 6 nitrogen and oxygen atoms in total. The Kier molecular flexibility index (Phi) is 8.22. The molecule has 1 saturated heterocycles. The molecule has 2 fully saturated rings. The van der Waals surface area contributed by atoms with E-state index >= 15 is 0 Å². The minimum Gasteiger partial charge on any atom is -0.468 e. The minimum absolute atomic E-state index is 0.255. The highest BCUT2D eigenvalue weighted by molar-refractivity contribution is 5.79. The molecule has 1 aliphatic heterocycles. The zero-order valence-corrected chi connectivity index (χ0v) is 17.7. The molecule has 28 heavy (non-hydrogen) atoms. The fraction of sp³-hybridized carbons (Fsp3) is 0.773. The van der Waals surface area contributed by atoms with E-state index in [2.05, 4.69) is 28.5 Å². The normalized spacial score (nSPS) is 21.1. The molecule has 0 amide bonds. The summed E-state index contributed by atoms with van der Waals surface area (Å²) in [5.74, 6) is 1.96. The van der Waals surface area contributed by atoms with Gasteiger partial charge in [0.2, 0.25) is 0 Å². The molecule has 1 aliphatic carbocycles. The minimum atomic E-state index is 0.255. The van der Waals surface area contributed by atoms with E-state index in [1.54, 1.807) is 13.4 Å². The Morgan fingerprint density at radius 3 is 2.68 bits per heavy atom. The molecule has 0 aromatic carbocycles. The highest BCUT2D eigenvalue weighted by Crippen LogP contribution is 2.44. The van der Waals surface area contributed by atoms with Crippen LogP contribution in [0, 0.1) is 5.41 Å². The second-order valence-electron chi connectivity index (χ2n) is 8.30. The molecule has 2 heterocycles. The highest BCUT2D eigenvalue weighted by Gasteiger charge is 2.36. The number of ether oxygens (including phenoxy) is 1. The summed E-state index contributed by atoms with van der Waals surface area (Å²) in [5.41, 5.74) is 0.339. The molecule has 0 bridgehead atoms. The van der Waals surface area contributed by atoms with Gasteiger partial charge in [0, 0.05) is 33.4 Å². The van der Waals surface area contributed by atoms with Crippen molar-refractivity contribution >= 4 is 5.96 Å². The molecular weight excluding hydrogens is 352 g/mol. The van der Waals surface area contributed by atoms with Gasteiger partial charge in [-0.3, -0.25) is 9.89 Å². The van der Waals surface area contributed by atoms with Crippen LogP contribution in [0.2, 0.25) is 0 Å². The van der Waals surface area contributed by atoms with E-state index < -0.39 is 0 Å². The molecular formula is C22H38N4O2. The third kappa shape index (κ3) is 5.74. The van der Waals surface area contributed by atoms with Crippen LogP contribution in [0.15, 0.2) is 27.8 Å². The van der Waals surface area contributed by atoms with Gasteiger partial charge in [0.15, 0.2) is 5.96 Å². The smallest absolute Gasteiger partial charge is 0.191 e. The third-order valence-electron chi connectivity index (χ3n) is 6.33. The molecule has 1 unspecified atom stereocenters. The Bertz CT molecular complexity index is 577. The summed E-state index contributed by atoms with van der Waals surface area (Å²) in [7, 11) is 1.79. The predicted octanol–water partition coefficient (Wildman–Crippen LogP) is 3.57. The van der Waals surface area contributed by atoms with Crippen molar-refractivity contribution in [3.63, 3.8) is 0 Å². The van der Waals surface area contributed by atoms with Crippen LogP contribution < -0.4 is 10.6 Å².